The summed E-state index contributed by atoms with van der Waals surface area (Å²) >= 11 is 0. The standard InChI is InChI=1S/C23H25FN2O3/c1-29-20-8-2-16(3-9-20)15-26-22(27)14-21(23(26)28)25-12-10-18(11-13-25)17-4-6-19(24)7-5-17/h2-9,18,21H,10-15H2,1H3. The molecular formula is C23H25FN2O3. The Morgan fingerprint density at radius 3 is 2.28 bits per heavy atom. The number of nitrogens with zero attached hydrogens (tertiary/aromatic N) is 2. The fraction of sp³-hybridized carbons (Fsp3) is 0.391. The van der Waals surface area contributed by atoms with Gasteiger partial charge in [0, 0.05) is 0 Å². The largest absolute Gasteiger partial charge is 0.497 e. The number of rotatable bonds is 5. The molecule has 4 rings (SSSR count). The smallest absolute Gasteiger partial charge is 0.247 e. The average Bonchev–Trinajstić information content (AvgIpc) is 3.03. The third-order valence-corrected chi connectivity index (χ3v) is 6.03. The summed E-state index contributed by atoms with van der Waals surface area (Å²) in [4.78, 5) is 28.9. The Kier molecular flexibility index (Phi) is 5.62. The zero-order valence-electron chi connectivity index (χ0n) is 16.5. The predicted octanol–water partition coefficient (Wildman–Crippen LogP) is 3.34. The minimum Gasteiger partial charge on any atom is -0.497 e. The van der Waals surface area contributed by atoms with E-state index in [9.17, 15) is 14.0 Å². The number of halogens is 1. The molecule has 0 aliphatic carbocycles. The summed E-state index contributed by atoms with van der Waals surface area (Å²) in [6.45, 7) is 1.83. The number of carbonyl (C=O) groups is 2. The van der Waals surface area contributed by atoms with Crippen molar-refractivity contribution in [3.8, 4) is 5.75 Å². The Bertz CT molecular complexity index is 874. The van der Waals surface area contributed by atoms with Crippen molar-refractivity contribution in [3.05, 3.63) is 65.5 Å². The first kappa shape index (κ1) is 19.6. The molecule has 2 aromatic rings. The zero-order valence-corrected chi connectivity index (χ0v) is 16.5. The van der Waals surface area contributed by atoms with Gasteiger partial charge in [0.15, 0.2) is 0 Å². The highest BCUT2D eigenvalue weighted by atomic mass is 19.1. The number of methoxy groups -OCH3 is 1. The zero-order chi connectivity index (χ0) is 20.4. The first-order chi connectivity index (χ1) is 14.0. The Hall–Kier alpha value is -2.73. The summed E-state index contributed by atoms with van der Waals surface area (Å²) in [7, 11) is 1.60. The van der Waals surface area contributed by atoms with Gasteiger partial charge in [-0.2, -0.15) is 0 Å². The van der Waals surface area contributed by atoms with Gasteiger partial charge in [0.2, 0.25) is 11.8 Å². The molecule has 0 aromatic heterocycles. The van der Waals surface area contributed by atoms with Crippen molar-refractivity contribution in [2.75, 3.05) is 20.2 Å². The second-order valence-electron chi connectivity index (χ2n) is 7.75. The van der Waals surface area contributed by atoms with E-state index in [-0.39, 0.29) is 30.1 Å². The van der Waals surface area contributed by atoms with Crippen LogP contribution in [0.3, 0.4) is 0 Å². The van der Waals surface area contributed by atoms with E-state index in [1.54, 1.807) is 7.11 Å². The second kappa shape index (κ2) is 8.33. The van der Waals surface area contributed by atoms with E-state index in [1.807, 2.05) is 36.4 Å². The van der Waals surface area contributed by atoms with E-state index in [0.717, 1.165) is 42.8 Å². The fourth-order valence-corrected chi connectivity index (χ4v) is 4.31. The van der Waals surface area contributed by atoms with E-state index in [0.29, 0.717) is 12.5 Å². The van der Waals surface area contributed by atoms with E-state index in [2.05, 4.69) is 4.90 Å². The maximum absolute atomic E-state index is 13.1. The molecule has 0 saturated carbocycles. The number of amides is 2. The van der Waals surface area contributed by atoms with Crippen molar-refractivity contribution in [1.82, 2.24) is 9.80 Å². The van der Waals surface area contributed by atoms with Gasteiger partial charge in [0.25, 0.3) is 0 Å². The molecule has 0 spiro atoms. The van der Waals surface area contributed by atoms with Gasteiger partial charge >= 0.3 is 0 Å². The van der Waals surface area contributed by atoms with Crippen molar-refractivity contribution in [3.63, 3.8) is 0 Å². The van der Waals surface area contributed by atoms with Gasteiger partial charge in [0.1, 0.15) is 11.6 Å². The number of ether oxygens (including phenoxy) is 1. The molecule has 152 valence electrons. The minimum atomic E-state index is -0.366. The third kappa shape index (κ3) is 4.17. The van der Waals surface area contributed by atoms with Gasteiger partial charge in [0.05, 0.1) is 26.1 Å². The summed E-state index contributed by atoms with van der Waals surface area (Å²) in [5.41, 5.74) is 2.05. The molecule has 2 heterocycles. The van der Waals surface area contributed by atoms with Crippen molar-refractivity contribution in [2.45, 2.75) is 37.8 Å². The molecule has 2 saturated heterocycles. The van der Waals surface area contributed by atoms with Crippen molar-refractivity contribution in [2.24, 2.45) is 0 Å². The number of likely N-dealkylation sites (tertiary alicyclic amines) is 2. The van der Waals surface area contributed by atoms with Crippen LogP contribution in [0, 0.1) is 5.82 Å². The number of hydrogen-bond acceptors (Lipinski definition) is 4. The summed E-state index contributed by atoms with van der Waals surface area (Å²) in [6, 6.07) is 13.7. The SMILES string of the molecule is COc1ccc(CN2C(=O)CC(N3CCC(c4ccc(F)cc4)CC3)C2=O)cc1. The molecule has 6 heteroatoms. The number of benzene rings is 2. The Balaban J connectivity index is 1.36. The number of carbonyl (C=O) groups excluding carboxylic acids is 2. The van der Waals surface area contributed by atoms with E-state index in [1.165, 1.54) is 17.0 Å². The molecule has 5 nitrogen and oxygen atoms in total. The fourth-order valence-electron chi connectivity index (χ4n) is 4.31. The molecule has 2 aromatic carbocycles. The lowest BCUT2D eigenvalue weighted by Gasteiger charge is -2.35. The predicted molar refractivity (Wildman–Crippen MR) is 107 cm³/mol. The van der Waals surface area contributed by atoms with Gasteiger partial charge < -0.3 is 4.74 Å². The monoisotopic (exact) mass is 396 g/mol. The van der Waals surface area contributed by atoms with Gasteiger partial charge in [-0.25, -0.2) is 4.39 Å². The van der Waals surface area contributed by atoms with Crippen molar-refractivity contribution < 1.29 is 18.7 Å². The molecular weight excluding hydrogens is 371 g/mol. The second-order valence-corrected chi connectivity index (χ2v) is 7.75. The summed E-state index contributed by atoms with van der Waals surface area (Å²) < 4.78 is 18.3. The van der Waals surface area contributed by atoms with Crippen LogP contribution < -0.4 is 4.74 Å². The minimum absolute atomic E-state index is 0.106. The van der Waals surface area contributed by atoms with Gasteiger partial charge in [-0.15, -0.1) is 0 Å². The average molecular weight is 396 g/mol. The van der Waals surface area contributed by atoms with Crippen molar-refractivity contribution in [1.29, 1.82) is 0 Å². The van der Waals surface area contributed by atoms with Crippen LogP contribution in [0.2, 0.25) is 0 Å². The van der Waals surface area contributed by atoms with Crippen LogP contribution >= 0.6 is 0 Å². The van der Waals surface area contributed by atoms with E-state index < -0.39 is 0 Å². The lowest BCUT2D eigenvalue weighted by molar-refractivity contribution is -0.140. The number of piperidine rings is 1. The van der Waals surface area contributed by atoms with Crippen LogP contribution in [0.5, 0.6) is 5.75 Å². The first-order valence-corrected chi connectivity index (χ1v) is 10.0. The van der Waals surface area contributed by atoms with Gasteiger partial charge in [-0.05, 0) is 67.2 Å². The van der Waals surface area contributed by atoms with Gasteiger partial charge in [-0.1, -0.05) is 24.3 Å². The highest BCUT2D eigenvalue weighted by molar-refractivity contribution is 6.05. The van der Waals surface area contributed by atoms with Gasteiger partial charge in [-0.3, -0.25) is 19.4 Å². The molecule has 2 aliphatic rings. The normalized spacial score (nSPS) is 21.0. The molecule has 1 atom stereocenters. The van der Waals surface area contributed by atoms with Crippen LogP contribution in [-0.2, 0) is 16.1 Å². The molecule has 2 fully saturated rings. The molecule has 2 amide bonds. The number of imide groups is 1. The lowest BCUT2D eigenvalue weighted by atomic mass is 9.89. The van der Waals surface area contributed by atoms with Crippen LogP contribution in [0.4, 0.5) is 4.39 Å². The molecule has 29 heavy (non-hydrogen) atoms. The highest BCUT2D eigenvalue weighted by Gasteiger charge is 2.42. The molecule has 1 unspecified atom stereocenters. The van der Waals surface area contributed by atoms with E-state index >= 15 is 0 Å². The number of hydrogen-bond donors (Lipinski definition) is 0. The van der Waals surface area contributed by atoms with Crippen LogP contribution in [0.15, 0.2) is 48.5 Å². The lowest BCUT2D eigenvalue weighted by Crippen LogP contribution is -2.45. The molecule has 0 bridgehead atoms. The van der Waals surface area contributed by atoms with E-state index in [4.69, 9.17) is 4.74 Å². The Morgan fingerprint density at radius 2 is 1.66 bits per heavy atom. The molecule has 0 N–H and O–H groups in total. The summed E-state index contributed by atoms with van der Waals surface area (Å²) in [6.07, 6.45) is 2.06. The highest BCUT2D eigenvalue weighted by Crippen LogP contribution is 2.31. The Morgan fingerprint density at radius 1 is 1.00 bits per heavy atom. The molecule has 0 radical (unpaired) electrons. The topological polar surface area (TPSA) is 49.9 Å². The maximum atomic E-state index is 13.1. The molecule has 2 aliphatic heterocycles. The van der Waals surface area contributed by atoms with Crippen LogP contribution in [0.25, 0.3) is 0 Å². The van der Waals surface area contributed by atoms with Crippen molar-refractivity contribution >= 4 is 11.8 Å². The Labute approximate surface area is 170 Å². The third-order valence-electron chi connectivity index (χ3n) is 6.03. The first-order valence-electron chi connectivity index (χ1n) is 10.0. The summed E-state index contributed by atoms with van der Waals surface area (Å²) in [5.74, 6) is 0.671. The maximum Gasteiger partial charge on any atom is 0.247 e. The quantitative estimate of drug-likeness (QED) is 0.728. The van der Waals surface area contributed by atoms with Crippen LogP contribution in [0.1, 0.15) is 36.3 Å². The summed E-state index contributed by atoms with van der Waals surface area (Å²) in [5, 5.41) is 0. The van der Waals surface area contributed by atoms with Crippen LogP contribution in [-0.4, -0.2) is 47.9 Å².